The molecular weight excluding hydrogens is 340 g/mol. The largest absolute Gasteiger partial charge is 0.469 e. The summed E-state index contributed by atoms with van der Waals surface area (Å²) in [6.45, 7) is 13.6. The van der Waals surface area contributed by atoms with Crippen LogP contribution in [0.1, 0.15) is 60.3 Å². The van der Waals surface area contributed by atoms with Crippen molar-refractivity contribution in [3.8, 4) is 0 Å². The monoisotopic (exact) mass is 374 g/mol. The van der Waals surface area contributed by atoms with Crippen LogP contribution in [0.25, 0.3) is 0 Å². The molecule has 0 N–H and O–H groups in total. The Hall–Kier alpha value is -1.84. The second-order valence-corrected chi connectivity index (χ2v) is 8.42. The Kier molecular flexibility index (Phi) is 6.39. The highest BCUT2D eigenvalue weighted by molar-refractivity contribution is 5.78. The minimum absolute atomic E-state index is 0.0344. The lowest BCUT2D eigenvalue weighted by Crippen LogP contribution is -2.61. The normalized spacial score (nSPS) is 36.3. The third-order valence-corrected chi connectivity index (χ3v) is 7.17. The van der Waals surface area contributed by atoms with Gasteiger partial charge >= 0.3 is 11.9 Å². The molecule has 0 saturated heterocycles. The maximum atomic E-state index is 13.2. The number of fused-ring (bicyclic) bond motifs is 1. The maximum absolute atomic E-state index is 13.2. The molecular formula is C23H34O4. The average molecular weight is 375 g/mol. The van der Waals surface area contributed by atoms with Gasteiger partial charge in [-0.25, -0.2) is 0 Å². The Bertz CT molecular complexity index is 674. The van der Waals surface area contributed by atoms with Crippen molar-refractivity contribution in [3.05, 3.63) is 36.0 Å². The van der Waals surface area contributed by atoms with E-state index in [1.807, 2.05) is 13.0 Å². The Morgan fingerprint density at radius 2 is 2.04 bits per heavy atom. The molecule has 0 amide bonds. The van der Waals surface area contributed by atoms with Crippen molar-refractivity contribution in [3.63, 3.8) is 0 Å². The Morgan fingerprint density at radius 3 is 2.59 bits per heavy atom. The molecule has 0 aromatic rings. The van der Waals surface area contributed by atoms with Crippen LogP contribution in [-0.2, 0) is 19.1 Å². The molecule has 0 heterocycles. The van der Waals surface area contributed by atoms with Crippen molar-refractivity contribution >= 4 is 11.9 Å². The number of methoxy groups -OCH3 is 1. The summed E-state index contributed by atoms with van der Waals surface area (Å²) in [4.78, 5) is 25.0. The summed E-state index contributed by atoms with van der Waals surface area (Å²) >= 11 is 0. The molecule has 5 atom stereocenters. The summed E-state index contributed by atoms with van der Waals surface area (Å²) < 4.78 is 11.1. The molecule has 4 heteroatoms. The SMILES string of the molecule is C=C/C(C)=C\C[C@@]1(C(=O)OC)[C@H](C)C[C@H](OC(C)=O)[C@@]2(C)C(C)=CCC[C@@H]21. The van der Waals surface area contributed by atoms with Crippen molar-refractivity contribution < 1.29 is 19.1 Å². The quantitative estimate of drug-likeness (QED) is 0.386. The Morgan fingerprint density at radius 1 is 1.37 bits per heavy atom. The summed E-state index contributed by atoms with van der Waals surface area (Å²) in [5.74, 6) is -0.342. The number of esters is 2. The molecule has 27 heavy (non-hydrogen) atoms. The molecule has 2 aliphatic carbocycles. The molecule has 1 fully saturated rings. The van der Waals surface area contributed by atoms with Crippen LogP contribution in [0.15, 0.2) is 36.0 Å². The minimum atomic E-state index is -0.639. The fraction of sp³-hybridized carbons (Fsp3) is 0.652. The van der Waals surface area contributed by atoms with Crippen LogP contribution in [0.5, 0.6) is 0 Å². The van der Waals surface area contributed by atoms with Gasteiger partial charge in [0.2, 0.25) is 0 Å². The van der Waals surface area contributed by atoms with Crippen LogP contribution in [0.4, 0.5) is 0 Å². The maximum Gasteiger partial charge on any atom is 0.312 e. The highest BCUT2D eigenvalue weighted by Gasteiger charge is 2.64. The van der Waals surface area contributed by atoms with E-state index in [2.05, 4.69) is 39.5 Å². The molecule has 150 valence electrons. The van der Waals surface area contributed by atoms with Crippen LogP contribution in [0.2, 0.25) is 0 Å². The number of ether oxygens (including phenoxy) is 2. The number of hydrogen-bond donors (Lipinski definition) is 0. The molecule has 2 rings (SSSR count). The van der Waals surface area contributed by atoms with Gasteiger partial charge in [0.05, 0.1) is 12.5 Å². The minimum Gasteiger partial charge on any atom is -0.469 e. The molecule has 0 aromatic heterocycles. The van der Waals surface area contributed by atoms with E-state index >= 15 is 0 Å². The van der Waals surface area contributed by atoms with E-state index in [9.17, 15) is 9.59 Å². The summed E-state index contributed by atoms with van der Waals surface area (Å²) in [6.07, 6.45) is 8.98. The standard InChI is InChI=1S/C23H34O4/c1-8-15(2)12-13-23(21(25)26-7)17(4)14-20(27-18(5)24)22(6)16(3)10-9-11-19(22)23/h8,10,12,17,19-20H,1,9,11,13-14H2,2-7H3/b15-12-/t17-,19+,20+,22+,23-/m1/s1. The van der Waals surface area contributed by atoms with E-state index in [1.54, 1.807) is 0 Å². The van der Waals surface area contributed by atoms with E-state index in [1.165, 1.54) is 19.6 Å². The number of rotatable bonds is 5. The zero-order valence-corrected chi connectivity index (χ0v) is 17.6. The van der Waals surface area contributed by atoms with Crippen LogP contribution in [0.3, 0.4) is 0 Å². The average Bonchev–Trinajstić information content (AvgIpc) is 2.62. The lowest BCUT2D eigenvalue weighted by atomic mass is 9.45. The molecule has 0 aromatic carbocycles. The van der Waals surface area contributed by atoms with Gasteiger partial charge in [0.25, 0.3) is 0 Å². The van der Waals surface area contributed by atoms with Gasteiger partial charge in [-0.05, 0) is 51.4 Å². The van der Waals surface area contributed by atoms with Gasteiger partial charge in [0.15, 0.2) is 0 Å². The summed E-state index contributed by atoms with van der Waals surface area (Å²) in [5.41, 5.74) is 1.24. The smallest absolute Gasteiger partial charge is 0.312 e. The predicted octanol–water partition coefficient (Wildman–Crippen LogP) is 5.00. The van der Waals surface area contributed by atoms with Crippen LogP contribution in [-0.4, -0.2) is 25.2 Å². The van der Waals surface area contributed by atoms with Gasteiger partial charge in [0.1, 0.15) is 6.10 Å². The molecule has 0 aliphatic heterocycles. The second kappa shape index (κ2) is 8.04. The van der Waals surface area contributed by atoms with Crippen molar-refractivity contribution in [2.45, 2.75) is 66.4 Å². The third kappa shape index (κ3) is 3.51. The number of carbonyl (C=O) groups is 2. The highest BCUT2D eigenvalue weighted by atomic mass is 16.5. The van der Waals surface area contributed by atoms with Crippen LogP contribution in [0, 0.1) is 22.7 Å². The van der Waals surface area contributed by atoms with E-state index in [-0.39, 0.29) is 35.3 Å². The topological polar surface area (TPSA) is 52.6 Å². The molecule has 0 spiro atoms. The fourth-order valence-electron chi connectivity index (χ4n) is 5.40. The molecule has 1 saturated carbocycles. The first-order valence-corrected chi connectivity index (χ1v) is 9.86. The Balaban J connectivity index is 2.63. The third-order valence-electron chi connectivity index (χ3n) is 7.17. The molecule has 2 aliphatic rings. The van der Waals surface area contributed by atoms with Crippen LogP contribution >= 0.6 is 0 Å². The number of hydrogen-bond acceptors (Lipinski definition) is 4. The Labute approximate surface area is 163 Å². The van der Waals surface area contributed by atoms with E-state index in [0.29, 0.717) is 12.8 Å². The summed E-state index contributed by atoms with van der Waals surface area (Å²) in [6, 6.07) is 0. The van der Waals surface area contributed by atoms with Gasteiger partial charge in [-0.1, -0.05) is 49.8 Å². The lowest BCUT2D eigenvalue weighted by Gasteiger charge is -2.59. The van der Waals surface area contributed by atoms with E-state index in [0.717, 1.165) is 18.4 Å². The van der Waals surface area contributed by atoms with Crippen molar-refractivity contribution in [2.75, 3.05) is 7.11 Å². The second-order valence-electron chi connectivity index (χ2n) is 8.42. The zero-order valence-electron chi connectivity index (χ0n) is 17.6. The van der Waals surface area contributed by atoms with Crippen molar-refractivity contribution in [1.29, 1.82) is 0 Å². The van der Waals surface area contributed by atoms with Gasteiger partial charge in [-0.3, -0.25) is 9.59 Å². The van der Waals surface area contributed by atoms with Crippen molar-refractivity contribution in [2.24, 2.45) is 22.7 Å². The fourth-order valence-corrected chi connectivity index (χ4v) is 5.40. The van der Waals surface area contributed by atoms with Gasteiger partial charge in [0, 0.05) is 12.3 Å². The summed E-state index contributed by atoms with van der Waals surface area (Å²) in [7, 11) is 1.47. The zero-order chi connectivity index (χ0) is 20.4. The van der Waals surface area contributed by atoms with Gasteiger partial charge < -0.3 is 9.47 Å². The lowest BCUT2D eigenvalue weighted by molar-refractivity contribution is -0.192. The summed E-state index contributed by atoms with van der Waals surface area (Å²) in [5, 5.41) is 0. The number of carbonyl (C=O) groups excluding carboxylic acids is 2. The molecule has 0 radical (unpaired) electrons. The molecule has 0 unspecified atom stereocenters. The predicted molar refractivity (Wildman–Crippen MR) is 107 cm³/mol. The number of allylic oxidation sites excluding steroid dienone is 4. The molecule has 0 bridgehead atoms. The van der Waals surface area contributed by atoms with Gasteiger partial charge in [-0.15, -0.1) is 0 Å². The van der Waals surface area contributed by atoms with Crippen LogP contribution < -0.4 is 0 Å². The first-order valence-electron chi connectivity index (χ1n) is 9.86. The van der Waals surface area contributed by atoms with Gasteiger partial charge in [-0.2, -0.15) is 0 Å². The first-order chi connectivity index (χ1) is 12.6. The highest BCUT2D eigenvalue weighted by Crippen LogP contribution is 2.63. The van der Waals surface area contributed by atoms with Crippen molar-refractivity contribution in [1.82, 2.24) is 0 Å². The first kappa shape index (κ1) is 21.5. The van der Waals surface area contributed by atoms with E-state index < -0.39 is 5.41 Å². The van der Waals surface area contributed by atoms with E-state index in [4.69, 9.17) is 9.47 Å². The molecule has 4 nitrogen and oxygen atoms in total.